The van der Waals surface area contributed by atoms with Gasteiger partial charge in [0.25, 0.3) is 0 Å². The van der Waals surface area contributed by atoms with Crippen molar-refractivity contribution >= 4 is 0 Å². The predicted octanol–water partition coefficient (Wildman–Crippen LogP) is 4.29. The first-order valence-electron chi connectivity index (χ1n) is 5.92. The van der Waals surface area contributed by atoms with Crippen LogP contribution in [0.1, 0.15) is 53.9 Å². The molecule has 2 bridgehead atoms. The highest BCUT2D eigenvalue weighted by Crippen LogP contribution is 2.72. The Hall–Kier alpha value is -0.140. The van der Waals surface area contributed by atoms with Crippen molar-refractivity contribution < 1.29 is 8.78 Å². The summed E-state index contributed by atoms with van der Waals surface area (Å²) in [5.74, 6) is -0.00220. The summed E-state index contributed by atoms with van der Waals surface area (Å²) in [6.07, 6.45) is 1.35. The third kappa shape index (κ3) is 1.11. The van der Waals surface area contributed by atoms with Gasteiger partial charge in [0.1, 0.15) is 11.3 Å². The summed E-state index contributed by atoms with van der Waals surface area (Å²) in [6.45, 7) is 9.72. The molecule has 0 spiro atoms. The van der Waals surface area contributed by atoms with Crippen molar-refractivity contribution in [1.82, 2.24) is 0 Å². The molecule has 2 heteroatoms. The summed E-state index contributed by atoms with van der Waals surface area (Å²) in [5.41, 5.74) is -3.40. The highest BCUT2D eigenvalue weighted by atomic mass is 19.2. The van der Waals surface area contributed by atoms with Crippen LogP contribution in [0, 0.1) is 16.7 Å². The van der Waals surface area contributed by atoms with Crippen LogP contribution in [0.3, 0.4) is 0 Å². The lowest BCUT2D eigenvalue weighted by molar-refractivity contribution is -0.289. The van der Waals surface area contributed by atoms with Gasteiger partial charge in [0, 0.05) is 11.8 Å². The molecule has 3 unspecified atom stereocenters. The van der Waals surface area contributed by atoms with Gasteiger partial charge in [-0.25, -0.2) is 8.78 Å². The Morgan fingerprint density at radius 1 is 1.13 bits per heavy atom. The first kappa shape index (κ1) is 11.3. The molecule has 0 saturated heterocycles. The Balaban J connectivity index is 2.36. The van der Waals surface area contributed by atoms with Crippen molar-refractivity contribution in [3.63, 3.8) is 0 Å². The molecule has 0 radical (unpaired) electrons. The van der Waals surface area contributed by atoms with Gasteiger partial charge in [0.05, 0.1) is 0 Å². The standard InChI is InChI=1S/C13H22F2/c1-10(2,3)9-6-7-12(14)8-13(9,15)11(12,4)5/h9H,6-8H2,1-5H3. The number of rotatable bonds is 0. The smallest absolute Gasteiger partial charge is 0.125 e. The highest BCUT2D eigenvalue weighted by molar-refractivity contribution is 5.25. The summed E-state index contributed by atoms with van der Waals surface area (Å²) in [7, 11) is 0. The fraction of sp³-hybridized carbons (Fsp3) is 1.00. The maximum atomic E-state index is 14.9. The molecule has 88 valence electrons. The van der Waals surface area contributed by atoms with Crippen LogP contribution in [0.4, 0.5) is 8.78 Å². The Morgan fingerprint density at radius 3 is 2.07 bits per heavy atom. The number of hydrogen-bond donors (Lipinski definition) is 0. The normalized spacial score (nSPS) is 48.6. The number of alkyl halides is 2. The average molecular weight is 216 g/mol. The molecule has 3 rings (SSSR count). The molecule has 0 aromatic carbocycles. The van der Waals surface area contributed by atoms with Crippen molar-refractivity contribution in [3.05, 3.63) is 0 Å². The number of fused-ring (bicyclic) bond motifs is 2. The molecule has 3 fully saturated rings. The fourth-order valence-corrected chi connectivity index (χ4v) is 3.80. The van der Waals surface area contributed by atoms with E-state index in [1.165, 1.54) is 0 Å². The second-order valence-electron chi connectivity index (χ2n) is 7.09. The minimum atomic E-state index is -1.29. The van der Waals surface area contributed by atoms with Crippen LogP contribution < -0.4 is 0 Å². The Morgan fingerprint density at radius 2 is 1.67 bits per heavy atom. The third-order valence-corrected chi connectivity index (χ3v) is 5.12. The molecular weight excluding hydrogens is 194 g/mol. The zero-order valence-corrected chi connectivity index (χ0v) is 10.5. The minimum Gasteiger partial charge on any atom is -0.243 e. The molecule has 0 aliphatic heterocycles. The van der Waals surface area contributed by atoms with E-state index in [0.717, 1.165) is 0 Å². The van der Waals surface area contributed by atoms with Gasteiger partial charge in [-0.05, 0) is 24.2 Å². The van der Waals surface area contributed by atoms with E-state index in [4.69, 9.17) is 0 Å². The highest BCUT2D eigenvalue weighted by Gasteiger charge is 2.77. The molecule has 3 aliphatic carbocycles. The molecule has 0 nitrogen and oxygen atoms in total. The minimum absolute atomic E-state index is 0.00220. The van der Waals surface area contributed by atoms with E-state index in [1.807, 2.05) is 0 Å². The Bertz CT molecular complexity index is 289. The van der Waals surface area contributed by atoms with Gasteiger partial charge in [0.2, 0.25) is 0 Å². The summed E-state index contributed by atoms with van der Waals surface area (Å²) in [5, 5.41) is 0. The van der Waals surface area contributed by atoms with E-state index < -0.39 is 16.8 Å². The second-order valence-corrected chi connectivity index (χ2v) is 7.09. The molecule has 0 heterocycles. The van der Waals surface area contributed by atoms with E-state index in [1.54, 1.807) is 13.8 Å². The zero-order valence-electron chi connectivity index (χ0n) is 10.5. The van der Waals surface area contributed by atoms with E-state index in [2.05, 4.69) is 20.8 Å². The monoisotopic (exact) mass is 216 g/mol. The number of halogens is 2. The SMILES string of the molecule is CC(C)(C)C1CCC2(F)CC1(F)C2(C)C. The topological polar surface area (TPSA) is 0 Å². The van der Waals surface area contributed by atoms with E-state index in [9.17, 15) is 8.78 Å². The van der Waals surface area contributed by atoms with Crippen LogP contribution in [-0.2, 0) is 0 Å². The van der Waals surface area contributed by atoms with Gasteiger partial charge < -0.3 is 0 Å². The molecule has 0 aromatic heterocycles. The molecule has 0 aromatic rings. The third-order valence-electron chi connectivity index (χ3n) is 5.12. The van der Waals surface area contributed by atoms with Crippen molar-refractivity contribution in [2.45, 2.75) is 65.2 Å². The Labute approximate surface area is 91.4 Å². The summed E-state index contributed by atoms with van der Waals surface area (Å²) in [4.78, 5) is 0. The molecule has 3 aliphatic rings. The van der Waals surface area contributed by atoms with Crippen molar-refractivity contribution in [2.24, 2.45) is 16.7 Å². The maximum absolute atomic E-state index is 14.9. The van der Waals surface area contributed by atoms with E-state index in [0.29, 0.717) is 12.8 Å². The molecule has 0 N–H and O–H groups in total. The molecule has 3 atom stereocenters. The largest absolute Gasteiger partial charge is 0.243 e. The Kier molecular flexibility index (Phi) is 1.94. The van der Waals surface area contributed by atoms with Crippen LogP contribution in [0.25, 0.3) is 0 Å². The lowest BCUT2D eigenvalue weighted by atomic mass is 9.39. The van der Waals surface area contributed by atoms with Gasteiger partial charge in [-0.1, -0.05) is 34.6 Å². The average Bonchev–Trinajstić information content (AvgIpc) is 2.00. The van der Waals surface area contributed by atoms with Crippen LogP contribution in [0.2, 0.25) is 0 Å². The van der Waals surface area contributed by atoms with Crippen LogP contribution >= 0.6 is 0 Å². The van der Waals surface area contributed by atoms with Gasteiger partial charge >= 0.3 is 0 Å². The quantitative estimate of drug-likeness (QED) is 0.566. The lowest BCUT2D eigenvalue weighted by Gasteiger charge is -2.69. The summed E-state index contributed by atoms with van der Waals surface area (Å²) >= 11 is 0. The molecule has 15 heavy (non-hydrogen) atoms. The van der Waals surface area contributed by atoms with Crippen LogP contribution in [-0.4, -0.2) is 11.3 Å². The van der Waals surface area contributed by atoms with Gasteiger partial charge in [0.15, 0.2) is 0 Å². The zero-order chi connectivity index (χ0) is 11.7. The van der Waals surface area contributed by atoms with Crippen LogP contribution in [0.5, 0.6) is 0 Å². The predicted molar refractivity (Wildman–Crippen MR) is 58.3 cm³/mol. The first-order chi connectivity index (χ1) is 6.55. The summed E-state index contributed by atoms with van der Waals surface area (Å²) < 4.78 is 29.2. The lowest BCUT2D eigenvalue weighted by Crippen LogP contribution is -2.75. The van der Waals surface area contributed by atoms with E-state index in [-0.39, 0.29) is 17.8 Å². The molecule has 0 amide bonds. The first-order valence-corrected chi connectivity index (χ1v) is 5.92. The van der Waals surface area contributed by atoms with Gasteiger partial charge in [-0.2, -0.15) is 0 Å². The fourth-order valence-electron chi connectivity index (χ4n) is 3.80. The second kappa shape index (κ2) is 2.57. The molecular formula is C13H22F2. The summed E-state index contributed by atoms with van der Waals surface area (Å²) in [6, 6.07) is 0. The van der Waals surface area contributed by atoms with Crippen molar-refractivity contribution in [2.75, 3.05) is 0 Å². The van der Waals surface area contributed by atoms with Gasteiger partial charge in [-0.15, -0.1) is 0 Å². The number of hydrogen-bond acceptors (Lipinski definition) is 0. The van der Waals surface area contributed by atoms with Crippen molar-refractivity contribution in [3.8, 4) is 0 Å². The van der Waals surface area contributed by atoms with E-state index >= 15 is 0 Å². The molecule has 3 saturated carbocycles. The van der Waals surface area contributed by atoms with Crippen LogP contribution in [0.15, 0.2) is 0 Å². The maximum Gasteiger partial charge on any atom is 0.125 e. The van der Waals surface area contributed by atoms with Gasteiger partial charge in [-0.3, -0.25) is 0 Å². The van der Waals surface area contributed by atoms with Crippen molar-refractivity contribution in [1.29, 1.82) is 0 Å².